The molecule has 0 N–H and O–H groups in total. The molecule has 0 amide bonds. The number of rotatable bonds is 17. The smallest absolute Gasteiger partial charge is 0.314 e. The lowest BCUT2D eigenvalue weighted by Crippen LogP contribution is -2.13. The highest BCUT2D eigenvalue weighted by Gasteiger charge is 2.21. The Morgan fingerprint density at radius 3 is 1.95 bits per heavy atom. The molecule has 2 aromatic rings. The molecule has 0 heterocycles. The number of nitro groups is 1. The molecule has 2 rings (SSSR count). The van der Waals surface area contributed by atoms with Crippen LogP contribution < -0.4 is 9.47 Å². The molecule has 200 valence electrons. The molecule has 2 unspecified atom stereocenters. The number of nitro benzene ring substituents is 1. The first kappa shape index (κ1) is 29.9. The molecule has 0 aliphatic rings. The molecule has 6 nitrogen and oxygen atoms in total. The van der Waals surface area contributed by atoms with Crippen molar-refractivity contribution >= 4 is 17.8 Å². The van der Waals surface area contributed by atoms with Gasteiger partial charge in [-0.15, -0.1) is 0 Å². The number of benzene rings is 2. The van der Waals surface area contributed by atoms with Crippen LogP contribution in [0.4, 0.5) is 5.69 Å². The van der Waals surface area contributed by atoms with Gasteiger partial charge in [0.2, 0.25) is 0 Å². The van der Waals surface area contributed by atoms with Crippen molar-refractivity contribution in [2.24, 2.45) is 11.8 Å². The Hall–Kier alpha value is -3.33. The highest BCUT2D eigenvalue weighted by Crippen LogP contribution is 2.37. The molecule has 0 aromatic heterocycles. The summed E-state index contributed by atoms with van der Waals surface area (Å²) in [6.07, 6.45) is 12.4. The Labute approximate surface area is 222 Å². The van der Waals surface area contributed by atoms with Crippen LogP contribution in [-0.4, -0.2) is 18.1 Å². The van der Waals surface area contributed by atoms with Crippen LogP contribution in [0.3, 0.4) is 0 Å². The third-order valence-corrected chi connectivity index (χ3v) is 6.82. The summed E-state index contributed by atoms with van der Waals surface area (Å²) in [5.74, 6) is 1.51. The minimum absolute atomic E-state index is 0.0718. The summed E-state index contributed by atoms with van der Waals surface area (Å²) in [6.45, 7) is 9.58. The normalized spacial score (nSPS) is 12.7. The Morgan fingerprint density at radius 1 is 0.892 bits per heavy atom. The van der Waals surface area contributed by atoms with Crippen LogP contribution in [0.15, 0.2) is 36.4 Å². The maximum atomic E-state index is 12.0. The van der Waals surface area contributed by atoms with E-state index in [0.29, 0.717) is 36.4 Å². The van der Waals surface area contributed by atoms with E-state index in [1.54, 1.807) is 18.2 Å². The summed E-state index contributed by atoms with van der Waals surface area (Å²) >= 11 is 0. The molecular formula is C31H42N2O4. The third-order valence-electron chi connectivity index (χ3n) is 6.82. The fourth-order valence-electron chi connectivity index (χ4n) is 4.14. The van der Waals surface area contributed by atoms with E-state index in [4.69, 9.17) is 14.7 Å². The number of hydrogen-bond acceptors (Lipinski definition) is 5. The molecule has 0 saturated heterocycles. The molecule has 0 saturated carbocycles. The number of hydrogen-bond donors (Lipinski definition) is 0. The van der Waals surface area contributed by atoms with E-state index in [2.05, 4.69) is 33.8 Å². The van der Waals surface area contributed by atoms with Crippen molar-refractivity contribution in [3.8, 4) is 17.6 Å². The number of unbranched alkanes of at least 4 members (excludes halogenated alkanes) is 2. The second kappa shape index (κ2) is 16.4. The second-order valence-corrected chi connectivity index (χ2v) is 9.64. The van der Waals surface area contributed by atoms with Crippen molar-refractivity contribution in [3.05, 3.63) is 63.2 Å². The molecule has 2 atom stereocenters. The van der Waals surface area contributed by atoms with Gasteiger partial charge in [-0.2, -0.15) is 5.26 Å². The Balaban J connectivity index is 2.39. The van der Waals surface area contributed by atoms with Gasteiger partial charge < -0.3 is 9.47 Å². The maximum Gasteiger partial charge on any atom is 0.314 e. The lowest BCUT2D eigenvalue weighted by Gasteiger charge is -2.19. The molecule has 0 bridgehead atoms. The minimum atomic E-state index is -0.391. The van der Waals surface area contributed by atoms with Crippen LogP contribution in [-0.2, 0) is 0 Å². The monoisotopic (exact) mass is 506 g/mol. The summed E-state index contributed by atoms with van der Waals surface area (Å²) in [6, 6.07) is 12.6. The molecular weight excluding hydrogens is 464 g/mol. The van der Waals surface area contributed by atoms with E-state index in [-0.39, 0.29) is 11.4 Å². The average molecular weight is 507 g/mol. The number of ether oxygens (including phenoxy) is 2. The topological polar surface area (TPSA) is 85.4 Å². The average Bonchev–Trinajstić information content (AvgIpc) is 2.92. The summed E-state index contributed by atoms with van der Waals surface area (Å²) < 4.78 is 12.3. The zero-order chi connectivity index (χ0) is 27.0. The van der Waals surface area contributed by atoms with Crippen LogP contribution in [0.1, 0.15) is 95.8 Å². The quantitative estimate of drug-likeness (QED) is 0.121. The lowest BCUT2D eigenvalue weighted by molar-refractivity contribution is -0.386. The first-order chi connectivity index (χ1) is 17.9. The molecule has 2 aromatic carbocycles. The SMILES string of the molecule is CCCCC(CC)COc1cc([N+](=O)[O-])c(OCC(CC)CCCC)cc1C=Cc1ccc(C#N)cc1. The first-order valence-electron chi connectivity index (χ1n) is 13.7. The van der Waals surface area contributed by atoms with Crippen molar-refractivity contribution in [1.82, 2.24) is 0 Å². The molecule has 0 fully saturated rings. The van der Waals surface area contributed by atoms with Gasteiger partial charge in [0.05, 0.1) is 35.8 Å². The molecule has 6 heteroatoms. The van der Waals surface area contributed by atoms with Gasteiger partial charge in [-0.05, 0) is 48.4 Å². The summed E-state index contributed by atoms with van der Waals surface area (Å²) in [7, 11) is 0. The maximum absolute atomic E-state index is 12.0. The van der Waals surface area contributed by atoms with Crippen molar-refractivity contribution in [1.29, 1.82) is 5.26 Å². The van der Waals surface area contributed by atoms with Crippen LogP contribution in [0.2, 0.25) is 0 Å². The van der Waals surface area contributed by atoms with Gasteiger partial charge in [-0.3, -0.25) is 10.1 Å². The van der Waals surface area contributed by atoms with E-state index in [0.717, 1.165) is 62.5 Å². The highest BCUT2D eigenvalue weighted by molar-refractivity contribution is 5.75. The van der Waals surface area contributed by atoms with Gasteiger partial charge in [0, 0.05) is 5.56 Å². The first-order valence-corrected chi connectivity index (χ1v) is 13.7. The lowest BCUT2D eigenvalue weighted by atomic mass is 10.0. The fourth-order valence-corrected chi connectivity index (χ4v) is 4.14. The van der Waals surface area contributed by atoms with E-state index >= 15 is 0 Å². The van der Waals surface area contributed by atoms with Crippen molar-refractivity contribution in [2.75, 3.05) is 13.2 Å². The third kappa shape index (κ3) is 9.92. The number of nitrogens with zero attached hydrogens (tertiary/aromatic N) is 2. The second-order valence-electron chi connectivity index (χ2n) is 9.64. The van der Waals surface area contributed by atoms with Gasteiger partial charge in [0.15, 0.2) is 5.75 Å². The molecule has 0 aliphatic carbocycles. The van der Waals surface area contributed by atoms with E-state index in [1.807, 2.05) is 24.3 Å². The Bertz CT molecular complexity index is 1040. The predicted octanol–water partition coefficient (Wildman–Crippen LogP) is 8.83. The highest BCUT2D eigenvalue weighted by atomic mass is 16.6. The Morgan fingerprint density at radius 2 is 1.46 bits per heavy atom. The standard InChI is InChI=1S/C31H42N2O4/c1-5-9-11-24(7-3)22-36-30-20-29(33(34)35)31(37-23-25(8-4)12-10-6-2)19-28(30)18-17-26-13-15-27(21-32)16-14-26/h13-20,24-25H,5-12,22-23H2,1-4H3. The molecule has 0 aliphatic heterocycles. The summed E-state index contributed by atoms with van der Waals surface area (Å²) in [5.41, 5.74) is 2.18. The zero-order valence-corrected chi connectivity index (χ0v) is 22.9. The molecule has 0 spiro atoms. The summed E-state index contributed by atoms with van der Waals surface area (Å²) in [5, 5.41) is 21.0. The van der Waals surface area contributed by atoms with Gasteiger partial charge in [0.25, 0.3) is 0 Å². The van der Waals surface area contributed by atoms with Crippen molar-refractivity contribution in [3.63, 3.8) is 0 Å². The Kier molecular flexibility index (Phi) is 13.3. The van der Waals surface area contributed by atoms with E-state index in [9.17, 15) is 10.1 Å². The zero-order valence-electron chi connectivity index (χ0n) is 22.9. The van der Waals surface area contributed by atoms with Crippen LogP contribution in [0.25, 0.3) is 12.2 Å². The summed E-state index contributed by atoms with van der Waals surface area (Å²) in [4.78, 5) is 11.6. The fraction of sp³-hybridized carbons (Fsp3) is 0.516. The molecule has 0 radical (unpaired) electrons. The van der Waals surface area contributed by atoms with Gasteiger partial charge in [0.1, 0.15) is 5.75 Å². The van der Waals surface area contributed by atoms with Crippen molar-refractivity contribution in [2.45, 2.75) is 79.1 Å². The van der Waals surface area contributed by atoms with Crippen LogP contribution in [0, 0.1) is 33.3 Å². The van der Waals surface area contributed by atoms with Crippen LogP contribution in [0.5, 0.6) is 11.5 Å². The van der Waals surface area contributed by atoms with Crippen molar-refractivity contribution < 1.29 is 14.4 Å². The van der Waals surface area contributed by atoms with Gasteiger partial charge in [-0.1, -0.05) is 90.5 Å². The van der Waals surface area contributed by atoms with Crippen LogP contribution >= 0.6 is 0 Å². The minimum Gasteiger partial charge on any atom is -0.492 e. The number of nitriles is 1. The van der Waals surface area contributed by atoms with E-state index in [1.165, 1.54) is 6.07 Å². The van der Waals surface area contributed by atoms with Gasteiger partial charge >= 0.3 is 5.69 Å². The van der Waals surface area contributed by atoms with Gasteiger partial charge in [-0.25, -0.2) is 0 Å². The van der Waals surface area contributed by atoms with E-state index < -0.39 is 4.92 Å². The molecule has 37 heavy (non-hydrogen) atoms. The predicted molar refractivity (Wildman–Crippen MR) is 151 cm³/mol. The largest absolute Gasteiger partial charge is 0.492 e.